The lowest BCUT2D eigenvalue weighted by Crippen LogP contribution is -2.38. The van der Waals surface area contributed by atoms with Gasteiger partial charge in [-0.15, -0.1) is 0 Å². The standard InChI is InChI=1S/C24H23F2N5O3/c1-13-10-17(14(2)28-19-7-5-4-6-16(19)23(33)34)20-29-21(18(11-27)22(32)31(20)12-13)30-9-8-24(25,26)15(30)3/h4-7,10,12,14-15,28H,8-9H2,1-3H3,(H,33,34)/t14-,15+/m1/s1. The number of anilines is 2. The number of carboxylic acids is 1. The van der Waals surface area contributed by atoms with Crippen LogP contribution in [0.3, 0.4) is 0 Å². The summed E-state index contributed by atoms with van der Waals surface area (Å²) < 4.78 is 29.7. The number of benzene rings is 1. The number of nitriles is 1. The second kappa shape index (κ2) is 8.41. The second-order valence-corrected chi connectivity index (χ2v) is 8.49. The van der Waals surface area contributed by atoms with Crippen molar-refractivity contribution in [3.63, 3.8) is 0 Å². The van der Waals surface area contributed by atoms with Gasteiger partial charge in [-0.05, 0) is 44.5 Å². The zero-order chi connectivity index (χ0) is 24.8. The highest BCUT2D eigenvalue weighted by Gasteiger charge is 2.47. The molecule has 0 amide bonds. The van der Waals surface area contributed by atoms with Crippen LogP contribution in [0.25, 0.3) is 5.65 Å². The maximum absolute atomic E-state index is 14.2. The predicted octanol–water partition coefficient (Wildman–Crippen LogP) is 3.98. The number of hydrogen-bond donors (Lipinski definition) is 2. The first-order valence-electron chi connectivity index (χ1n) is 10.8. The molecule has 4 rings (SSSR count). The normalized spacial score (nSPS) is 18.0. The molecule has 0 unspecified atom stereocenters. The predicted molar refractivity (Wildman–Crippen MR) is 123 cm³/mol. The Bertz CT molecular complexity index is 1400. The van der Waals surface area contributed by atoms with Crippen LogP contribution in [0.15, 0.2) is 41.3 Å². The first-order chi connectivity index (χ1) is 16.0. The molecular weight excluding hydrogens is 444 g/mol. The molecular formula is C24H23F2N5O3. The van der Waals surface area contributed by atoms with Crippen LogP contribution in [0.4, 0.5) is 20.3 Å². The number of rotatable bonds is 5. The molecule has 1 aliphatic heterocycles. The third-order valence-electron chi connectivity index (χ3n) is 6.21. The molecule has 8 nitrogen and oxygen atoms in total. The van der Waals surface area contributed by atoms with Gasteiger partial charge in [0.2, 0.25) is 0 Å². The van der Waals surface area contributed by atoms with Crippen LogP contribution in [0.5, 0.6) is 0 Å². The van der Waals surface area contributed by atoms with Gasteiger partial charge in [-0.3, -0.25) is 9.20 Å². The van der Waals surface area contributed by atoms with E-state index < -0.39 is 36.0 Å². The van der Waals surface area contributed by atoms with E-state index in [0.29, 0.717) is 16.8 Å². The van der Waals surface area contributed by atoms with Gasteiger partial charge in [0.1, 0.15) is 11.7 Å². The van der Waals surface area contributed by atoms with E-state index in [-0.39, 0.29) is 29.1 Å². The van der Waals surface area contributed by atoms with Gasteiger partial charge >= 0.3 is 5.97 Å². The summed E-state index contributed by atoms with van der Waals surface area (Å²) in [5.41, 5.74) is 0.998. The number of para-hydroxylation sites is 1. The quantitative estimate of drug-likeness (QED) is 0.584. The topological polar surface area (TPSA) is 111 Å². The van der Waals surface area contributed by atoms with Crippen molar-refractivity contribution in [2.24, 2.45) is 0 Å². The molecule has 1 aliphatic rings. The highest BCUT2D eigenvalue weighted by atomic mass is 19.3. The SMILES string of the molecule is Cc1cc([C@@H](C)Nc2ccccc2C(=O)O)c2nc(N3CCC(F)(F)[C@@H]3C)c(C#N)c(=O)n2c1. The molecule has 3 aromatic rings. The molecule has 0 bridgehead atoms. The van der Waals surface area contributed by atoms with Crippen LogP contribution < -0.4 is 15.8 Å². The molecule has 10 heteroatoms. The number of hydrogen-bond acceptors (Lipinski definition) is 6. The average Bonchev–Trinajstić information content (AvgIpc) is 3.06. The lowest BCUT2D eigenvalue weighted by molar-refractivity contribution is -0.00187. The third-order valence-corrected chi connectivity index (χ3v) is 6.21. The summed E-state index contributed by atoms with van der Waals surface area (Å²) >= 11 is 0. The largest absolute Gasteiger partial charge is 0.478 e. The fraction of sp³-hybridized carbons (Fsp3) is 0.333. The molecule has 3 heterocycles. The molecule has 0 aliphatic carbocycles. The molecule has 0 saturated carbocycles. The monoisotopic (exact) mass is 467 g/mol. The maximum atomic E-state index is 14.2. The zero-order valence-corrected chi connectivity index (χ0v) is 18.8. The smallest absolute Gasteiger partial charge is 0.337 e. The van der Waals surface area contributed by atoms with E-state index in [1.54, 1.807) is 44.3 Å². The van der Waals surface area contributed by atoms with E-state index in [9.17, 15) is 28.7 Å². The minimum absolute atomic E-state index is 0.0353. The fourth-order valence-electron chi connectivity index (χ4n) is 4.32. The number of nitrogens with one attached hydrogen (secondary N) is 1. The first kappa shape index (κ1) is 23.2. The van der Waals surface area contributed by atoms with E-state index >= 15 is 0 Å². The summed E-state index contributed by atoms with van der Waals surface area (Å²) in [7, 11) is 0. The van der Waals surface area contributed by atoms with Crippen molar-refractivity contribution in [1.82, 2.24) is 9.38 Å². The number of alkyl halides is 2. The zero-order valence-electron chi connectivity index (χ0n) is 18.8. The van der Waals surface area contributed by atoms with Crippen LogP contribution >= 0.6 is 0 Å². The molecule has 2 N–H and O–H groups in total. The van der Waals surface area contributed by atoms with Gasteiger partial charge in [0, 0.05) is 30.4 Å². The lowest BCUT2D eigenvalue weighted by Gasteiger charge is -2.26. The van der Waals surface area contributed by atoms with Crippen molar-refractivity contribution in [3.8, 4) is 6.07 Å². The lowest BCUT2D eigenvalue weighted by atomic mass is 10.1. The van der Waals surface area contributed by atoms with Crippen molar-refractivity contribution in [1.29, 1.82) is 5.26 Å². The van der Waals surface area contributed by atoms with Gasteiger partial charge < -0.3 is 15.3 Å². The number of pyridine rings is 1. The Morgan fingerprint density at radius 3 is 2.71 bits per heavy atom. The van der Waals surface area contributed by atoms with E-state index in [1.807, 2.05) is 6.07 Å². The van der Waals surface area contributed by atoms with Gasteiger partial charge in [-0.25, -0.2) is 18.6 Å². The number of fused-ring (bicyclic) bond motifs is 1. The molecule has 1 aromatic carbocycles. The number of halogens is 2. The van der Waals surface area contributed by atoms with Crippen LogP contribution in [-0.2, 0) is 0 Å². The molecule has 0 spiro atoms. The van der Waals surface area contributed by atoms with Crippen LogP contribution in [0.2, 0.25) is 0 Å². The van der Waals surface area contributed by atoms with Crippen LogP contribution in [0, 0.1) is 18.3 Å². The Balaban J connectivity index is 1.89. The molecule has 1 saturated heterocycles. The first-order valence-corrected chi connectivity index (χ1v) is 10.8. The van der Waals surface area contributed by atoms with Gasteiger partial charge in [-0.1, -0.05) is 12.1 Å². The summed E-state index contributed by atoms with van der Waals surface area (Å²) in [4.78, 5) is 30.7. The van der Waals surface area contributed by atoms with Gasteiger partial charge in [-0.2, -0.15) is 5.26 Å². The Kier molecular flexibility index (Phi) is 5.73. The summed E-state index contributed by atoms with van der Waals surface area (Å²) in [5, 5.41) is 22.3. The summed E-state index contributed by atoms with van der Waals surface area (Å²) in [6.07, 6.45) is 1.14. The number of aryl methyl sites for hydroxylation is 1. The number of nitrogens with zero attached hydrogens (tertiary/aromatic N) is 4. The van der Waals surface area contributed by atoms with Crippen molar-refractivity contribution < 1.29 is 18.7 Å². The number of carbonyl (C=O) groups is 1. The molecule has 2 atom stereocenters. The molecule has 1 fully saturated rings. The second-order valence-electron chi connectivity index (χ2n) is 8.49. The van der Waals surface area contributed by atoms with Crippen LogP contribution in [-0.4, -0.2) is 39.0 Å². The van der Waals surface area contributed by atoms with Crippen LogP contribution in [0.1, 0.15) is 53.4 Å². The van der Waals surface area contributed by atoms with E-state index in [4.69, 9.17) is 0 Å². The Morgan fingerprint density at radius 1 is 1.38 bits per heavy atom. The average molecular weight is 467 g/mol. The van der Waals surface area contributed by atoms with Crippen molar-refractivity contribution in [2.45, 2.75) is 45.2 Å². The van der Waals surface area contributed by atoms with E-state index in [2.05, 4.69) is 10.3 Å². The number of aromatic nitrogens is 2. The Hall–Kier alpha value is -4.00. The summed E-state index contributed by atoms with van der Waals surface area (Å²) in [6.45, 7) is 4.87. The maximum Gasteiger partial charge on any atom is 0.337 e. The third kappa shape index (κ3) is 3.83. The minimum Gasteiger partial charge on any atom is -0.478 e. The van der Waals surface area contributed by atoms with Gasteiger partial charge in [0.15, 0.2) is 11.4 Å². The summed E-state index contributed by atoms with van der Waals surface area (Å²) in [5.74, 6) is -4.13. The number of carboxylic acid groups (broad SMARTS) is 1. The van der Waals surface area contributed by atoms with E-state index in [0.717, 1.165) is 0 Å². The highest BCUT2D eigenvalue weighted by molar-refractivity contribution is 5.94. The molecule has 0 radical (unpaired) electrons. The fourth-order valence-corrected chi connectivity index (χ4v) is 4.32. The van der Waals surface area contributed by atoms with Crippen molar-refractivity contribution in [2.75, 3.05) is 16.8 Å². The Morgan fingerprint density at radius 2 is 2.09 bits per heavy atom. The summed E-state index contributed by atoms with van der Waals surface area (Å²) in [6, 6.07) is 8.33. The molecule has 2 aromatic heterocycles. The number of aromatic carboxylic acids is 1. The molecule has 176 valence electrons. The van der Waals surface area contributed by atoms with Crippen molar-refractivity contribution >= 4 is 23.1 Å². The minimum atomic E-state index is -2.97. The van der Waals surface area contributed by atoms with Crippen molar-refractivity contribution in [3.05, 3.63) is 69.1 Å². The molecule has 34 heavy (non-hydrogen) atoms. The van der Waals surface area contributed by atoms with Gasteiger partial charge in [0.05, 0.1) is 17.6 Å². The Labute approximate surface area is 194 Å². The van der Waals surface area contributed by atoms with E-state index in [1.165, 1.54) is 22.3 Å². The highest BCUT2D eigenvalue weighted by Crippen LogP contribution is 2.37. The van der Waals surface area contributed by atoms with Gasteiger partial charge in [0.25, 0.3) is 11.5 Å².